The summed E-state index contributed by atoms with van der Waals surface area (Å²) < 4.78 is 6.89. The van der Waals surface area contributed by atoms with Crippen molar-refractivity contribution in [3.63, 3.8) is 0 Å². The van der Waals surface area contributed by atoms with E-state index >= 15 is 0 Å². The summed E-state index contributed by atoms with van der Waals surface area (Å²) in [5.41, 5.74) is 0.132. The maximum Gasteiger partial charge on any atom is 0.265 e. The van der Waals surface area contributed by atoms with Crippen LogP contribution in [-0.2, 0) is 6.54 Å². The molecule has 0 spiro atoms. The quantitative estimate of drug-likeness (QED) is 0.856. The third-order valence-corrected chi connectivity index (χ3v) is 4.15. The van der Waals surface area contributed by atoms with Gasteiger partial charge >= 0.3 is 0 Å². The van der Waals surface area contributed by atoms with Crippen molar-refractivity contribution in [2.45, 2.75) is 32.4 Å². The van der Waals surface area contributed by atoms with Crippen LogP contribution < -0.4 is 5.56 Å². The molecule has 1 aliphatic heterocycles. The predicted molar refractivity (Wildman–Crippen MR) is 84.3 cm³/mol. The van der Waals surface area contributed by atoms with Crippen LogP contribution in [0.3, 0.4) is 0 Å². The fourth-order valence-corrected chi connectivity index (χ4v) is 2.89. The molecule has 1 saturated heterocycles. The minimum absolute atomic E-state index is 0.174. The van der Waals surface area contributed by atoms with Gasteiger partial charge in [0.15, 0.2) is 0 Å². The molecule has 7 heteroatoms. The summed E-state index contributed by atoms with van der Waals surface area (Å²) in [6.45, 7) is 6.51. The highest BCUT2D eigenvalue weighted by molar-refractivity contribution is 6.06. The van der Waals surface area contributed by atoms with Crippen LogP contribution in [0.5, 0.6) is 0 Å². The molecule has 0 aliphatic carbocycles. The van der Waals surface area contributed by atoms with Crippen molar-refractivity contribution in [3.05, 3.63) is 40.7 Å². The van der Waals surface area contributed by atoms with Crippen LogP contribution in [0.25, 0.3) is 11.1 Å². The molecule has 0 bridgehead atoms. The van der Waals surface area contributed by atoms with E-state index < -0.39 is 0 Å². The van der Waals surface area contributed by atoms with Crippen molar-refractivity contribution in [3.8, 4) is 0 Å². The van der Waals surface area contributed by atoms with E-state index in [1.54, 1.807) is 17.9 Å². The fourth-order valence-electron chi connectivity index (χ4n) is 2.89. The second-order valence-electron chi connectivity index (χ2n) is 5.73. The van der Waals surface area contributed by atoms with E-state index in [9.17, 15) is 14.7 Å². The second-order valence-corrected chi connectivity index (χ2v) is 5.73. The van der Waals surface area contributed by atoms with Gasteiger partial charge in [-0.2, -0.15) is 0 Å². The molecule has 3 rings (SSSR count). The zero-order chi connectivity index (χ0) is 16.6. The number of allylic oxidation sites excluding steroid dienone is 1. The third kappa shape index (κ3) is 2.68. The molecule has 2 aromatic rings. The number of rotatable bonds is 3. The van der Waals surface area contributed by atoms with E-state index in [2.05, 4.69) is 11.6 Å². The highest BCUT2D eigenvalue weighted by atomic mass is 16.3. The molecule has 1 N–H and O–H groups in total. The number of hydrogen-bond acceptors (Lipinski definition) is 5. The lowest BCUT2D eigenvalue weighted by Gasteiger charge is -2.29. The van der Waals surface area contributed by atoms with Gasteiger partial charge < -0.3 is 14.4 Å². The number of furan rings is 1. The number of aliphatic hydroxyl groups is 1. The van der Waals surface area contributed by atoms with Gasteiger partial charge in [0.25, 0.3) is 11.5 Å². The van der Waals surface area contributed by atoms with Crippen molar-refractivity contribution in [2.24, 2.45) is 0 Å². The molecular formula is C16H19N3O4. The van der Waals surface area contributed by atoms with E-state index in [-0.39, 0.29) is 34.2 Å². The molecule has 0 atom stereocenters. The number of piperidine rings is 1. The number of fused-ring (bicyclic) bond motifs is 1. The van der Waals surface area contributed by atoms with E-state index in [1.807, 2.05) is 0 Å². The number of carbonyl (C=O) groups excluding carboxylic acids is 1. The van der Waals surface area contributed by atoms with Crippen LogP contribution in [0.1, 0.15) is 29.0 Å². The van der Waals surface area contributed by atoms with Gasteiger partial charge in [0.2, 0.25) is 5.71 Å². The molecule has 0 aromatic carbocycles. The summed E-state index contributed by atoms with van der Waals surface area (Å²) in [4.78, 5) is 31.2. The summed E-state index contributed by atoms with van der Waals surface area (Å²) in [5.74, 6) is 0.139. The number of aromatic nitrogens is 2. The minimum atomic E-state index is -0.368. The van der Waals surface area contributed by atoms with Crippen molar-refractivity contribution in [1.29, 1.82) is 0 Å². The lowest BCUT2D eigenvalue weighted by Crippen LogP contribution is -2.40. The van der Waals surface area contributed by atoms with Crippen LogP contribution in [0.4, 0.5) is 0 Å². The molecule has 1 amide bonds. The Kier molecular flexibility index (Phi) is 4.04. The molecule has 2 aromatic heterocycles. The van der Waals surface area contributed by atoms with Gasteiger partial charge in [-0.1, -0.05) is 6.08 Å². The largest absolute Gasteiger partial charge is 0.442 e. The van der Waals surface area contributed by atoms with Crippen molar-refractivity contribution >= 4 is 17.0 Å². The first-order valence-electron chi connectivity index (χ1n) is 7.59. The van der Waals surface area contributed by atoms with Crippen LogP contribution in [0.2, 0.25) is 0 Å². The zero-order valence-electron chi connectivity index (χ0n) is 13.0. The number of amides is 1. The molecule has 1 aliphatic rings. The van der Waals surface area contributed by atoms with Gasteiger partial charge in [0.05, 0.1) is 11.7 Å². The van der Waals surface area contributed by atoms with Gasteiger partial charge in [0.1, 0.15) is 17.5 Å². The molecule has 0 unspecified atom stereocenters. The molecule has 0 saturated carbocycles. The summed E-state index contributed by atoms with van der Waals surface area (Å²) in [7, 11) is 0. The second kappa shape index (κ2) is 6.00. The molecule has 1 fully saturated rings. The Bertz CT molecular complexity index is 813. The van der Waals surface area contributed by atoms with E-state index in [1.165, 1.54) is 10.9 Å². The van der Waals surface area contributed by atoms with Crippen LogP contribution in [0.15, 0.2) is 28.2 Å². The first kappa shape index (κ1) is 15.5. The third-order valence-electron chi connectivity index (χ3n) is 4.15. The molecule has 122 valence electrons. The number of aliphatic hydroxyl groups excluding tert-OH is 1. The van der Waals surface area contributed by atoms with Gasteiger partial charge in [0, 0.05) is 19.6 Å². The maximum absolute atomic E-state index is 12.8. The first-order chi connectivity index (χ1) is 11.0. The summed E-state index contributed by atoms with van der Waals surface area (Å²) in [6, 6.07) is 0. The topological polar surface area (TPSA) is 88.6 Å². The van der Waals surface area contributed by atoms with Gasteiger partial charge in [-0.05, 0) is 19.8 Å². The minimum Gasteiger partial charge on any atom is -0.442 e. The average Bonchev–Trinajstić information content (AvgIpc) is 2.87. The van der Waals surface area contributed by atoms with Crippen molar-refractivity contribution in [1.82, 2.24) is 14.5 Å². The van der Waals surface area contributed by atoms with Crippen LogP contribution in [-0.4, -0.2) is 44.7 Å². The number of aryl methyl sites for hydroxylation is 1. The average molecular weight is 317 g/mol. The van der Waals surface area contributed by atoms with E-state index in [0.29, 0.717) is 38.2 Å². The number of likely N-dealkylation sites (tertiary alicyclic amines) is 1. The van der Waals surface area contributed by atoms with Gasteiger partial charge in [-0.3, -0.25) is 14.2 Å². The number of nitrogens with zero attached hydrogens (tertiary/aromatic N) is 3. The maximum atomic E-state index is 12.8. The molecule has 7 nitrogen and oxygen atoms in total. The zero-order valence-corrected chi connectivity index (χ0v) is 13.0. The highest BCUT2D eigenvalue weighted by Crippen LogP contribution is 2.24. The Labute approximate surface area is 132 Å². The first-order valence-corrected chi connectivity index (χ1v) is 7.59. The molecule has 23 heavy (non-hydrogen) atoms. The lowest BCUT2D eigenvalue weighted by molar-refractivity contribution is 0.0546. The van der Waals surface area contributed by atoms with Crippen LogP contribution >= 0.6 is 0 Å². The molecular weight excluding hydrogens is 298 g/mol. The Morgan fingerprint density at radius 3 is 2.87 bits per heavy atom. The lowest BCUT2D eigenvalue weighted by atomic mass is 10.1. The number of carbonyl (C=O) groups is 1. The van der Waals surface area contributed by atoms with Gasteiger partial charge in [-0.15, -0.1) is 6.58 Å². The molecule has 3 heterocycles. The summed E-state index contributed by atoms with van der Waals surface area (Å²) >= 11 is 0. The van der Waals surface area contributed by atoms with Crippen LogP contribution in [0, 0.1) is 6.92 Å². The number of hydrogen-bond donors (Lipinski definition) is 1. The smallest absolute Gasteiger partial charge is 0.265 e. The van der Waals surface area contributed by atoms with E-state index in [0.717, 1.165) is 0 Å². The van der Waals surface area contributed by atoms with E-state index in [4.69, 9.17) is 4.42 Å². The van der Waals surface area contributed by atoms with Crippen molar-refractivity contribution in [2.75, 3.05) is 13.1 Å². The fraction of sp³-hybridized carbons (Fsp3) is 0.438. The Hall–Kier alpha value is -2.41. The Balaban J connectivity index is 2.07. The van der Waals surface area contributed by atoms with Gasteiger partial charge in [-0.25, -0.2) is 4.98 Å². The monoisotopic (exact) mass is 317 g/mol. The van der Waals surface area contributed by atoms with Crippen molar-refractivity contribution < 1.29 is 14.3 Å². The normalized spacial score (nSPS) is 16.0. The summed E-state index contributed by atoms with van der Waals surface area (Å²) in [6.07, 6.45) is 3.70. The Morgan fingerprint density at radius 1 is 1.52 bits per heavy atom. The predicted octanol–water partition coefficient (Wildman–Crippen LogP) is 1.08. The Morgan fingerprint density at radius 2 is 2.22 bits per heavy atom. The molecule has 0 radical (unpaired) electrons. The highest BCUT2D eigenvalue weighted by Gasteiger charge is 2.28. The SMILES string of the molecule is C=CCn1cnc2oc(C)c(C(=O)N3CCC(O)CC3)c2c1=O. The standard InChI is InChI=1S/C16H19N3O4/c1-3-6-19-9-17-14-13(16(19)22)12(10(2)23-14)15(21)18-7-4-11(20)5-8-18/h3,9,11,20H,1,4-8H2,2H3. The summed E-state index contributed by atoms with van der Waals surface area (Å²) in [5, 5.41) is 9.79.